The molecule has 3 nitrogen and oxygen atoms in total. The number of benzene rings is 1. The molecule has 2 unspecified atom stereocenters. The van der Waals surface area contributed by atoms with Crippen LogP contribution in [-0.2, 0) is 6.42 Å². The predicted molar refractivity (Wildman–Crippen MR) is 81.3 cm³/mol. The first kappa shape index (κ1) is 14.5. The standard InChI is InChI=1S/C16H27N3/c1-18-11-6-12-19(2)16(13-18)15(17)10-9-14-7-4-3-5-8-14/h3-5,7-8,15-16H,6,9-13,17H2,1-2H3. The molecule has 0 radical (unpaired) electrons. The molecule has 3 heteroatoms. The third kappa shape index (κ3) is 4.30. The van der Waals surface area contributed by atoms with Crippen molar-refractivity contribution in [1.82, 2.24) is 9.80 Å². The molecule has 1 heterocycles. The van der Waals surface area contributed by atoms with Crippen molar-refractivity contribution in [3.63, 3.8) is 0 Å². The zero-order valence-corrected chi connectivity index (χ0v) is 12.3. The largest absolute Gasteiger partial charge is 0.326 e. The van der Waals surface area contributed by atoms with Crippen LogP contribution in [-0.4, -0.2) is 55.6 Å². The minimum absolute atomic E-state index is 0.255. The minimum Gasteiger partial charge on any atom is -0.326 e. The highest BCUT2D eigenvalue weighted by Gasteiger charge is 2.25. The van der Waals surface area contributed by atoms with Crippen molar-refractivity contribution in [1.29, 1.82) is 0 Å². The summed E-state index contributed by atoms with van der Waals surface area (Å²) in [6.45, 7) is 3.44. The van der Waals surface area contributed by atoms with Gasteiger partial charge in [-0.05, 0) is 52.0 Å². The average molecular weight is 261 g/mol. The molecule has 0 aromatic heterocycles. The second kappa shape index (κ2) is 7.04. The summed E-state index contributed by atoms with van der Waals surface area (Å²) in [5, 5.41) is 0. The molecule has 0 spiro atoms. The Morgan fingerprint density at radius 1 is 1.21 bits per heavy atom. The maximum atomic E-state index is 6.45. The molecule has 0 saturated carbocycles. The Morgan fingerprint density at radius 3 is 2.68 bits per heavy atom. The maximum absolute atomic E-state index is 6.45. The molecular weight excluding hydrogens is 234 g/mol. The molecular formula is C16H27N3. The first-order chi connectivity index (χ1) is 9.16. The second-order valence-electron chi connectivity index (χ2n) is 5.85. The van der Waals surface area contributed by atoms with Crippen LogP contribution in [0.4, 0.5) is 0 Å². The lowest BCUT2D eigenvalue weighted by atomic mass is 9.99. The van der Waals surface area contributed by atoms with E-state index in [-0.39, 0.29) is 6.04 Å². The van der Waals surface area contributed by atoms with Gasteiger partial charge in [0.05, 0.1) is 0 Å². The monoisotopic (exact) mass is 261 g/mol. The molecule has 0 bridgehead atoms. The normalized spacial score (nSPS) is 24.1. The molecule has 106 valence electrons. The molecule has 2 rings (SSSR count). The van der Waals surface area contributed by atoms with Gasteiger partial charge in [0, 0.05) is 18.6 Å². The Hall–Kier alpha value is -0.900. The molecule has 2 N–H and O–H groups in total. The summed E-state index contributed by atoms with van der Waals surface area (Å²) in [5.41, 5.74) is 7.84. The lowest BCUT2D eigenvalue weighted by Gasteiger charge is -2.32. The molecule has 1 aliphatic rings. The van der Waals surface area contributed by atoms with Crippen molar-refractivity contribution in [2.45, 2.75) is 31.3 Å². The Labute approximate surface area is 117 Å². The third-order valence-electron chi connectivity index (χ3n) is 4.22. The molecule has 1 aliphatic heterocycles. The molecule has 1 aromatic carbocycles. The SMILES string of the molecule is CN1CCCN(C)C(C(N)CCc2ccccc2)C1. The summed E-state index contributed by atoms with van der Waals surface area (Å²) in [7, 11) is 4.42. The zero-order chi connectivity index (χ0) is 13.7. The van der Waals surface area contributed by atoms with Gasteiger partial charge in [-0.25, -0.2) is 0 Å². The van der Waals surface area contributed by atoms with Gasteiger partial charge < -0.3 is 15.5 Å². The quantitative estimate of drug-likeness (QED) is 0.893. The van der Waals surface area contributed by atoms with E-state index in [1.165, 1.54) is 18.5 Å². The van der Waals surface area contributed by atoms with E-state index in [1.54, 1.807) is 0 Å². The Morgan fingerprint density at radius 2 is 1.95 bits per heavy atom. The van der Waals surface area contributed by atoms with Crippen molar-refractivity contribution in [3.8, 4) is 0 Å². The van der Waals surface area contributed by atoms with Crippen LogP contribution in [0.15, 0.2) is 30.3 Å². The Balaban J connectivity index is 1.88. The summed E-state index contributed by atoms with van der Waals surface area (Å²) in [4.78, 5) is 4.86. The molecule has 0 aliphatic carbocycles. The van der Waals surface area contributed by atoms with E-state index < -0.39 is 0 Å². The second-order valence-corrected chi connectivity index (χ2v) is 5.85. The molecule has 2 atom stereocenters. The molecule has 1 aromatic rings. The van der Waals surface area contributed by atoms with Crippen LogP contribution in [0, 0.1) is 0 Å². The summed E-state index contributed by atoms with van der Waals surface area (Å²) in [6.07, 6.45) is 3.39. The van der Waals surface area contributed by atoms with Gasteiger partial charge in [-0.3, -0.25) is 0 Å². The van der Waals surface area contributed by atoms with Crippen molar-refractivity contribution < 1.29 is 0 Å². The van der Waals surface area contributed by atoms with Crippen LogP contribution in [0.5, 0.6) is 0 Å². The fourth-order valence-electron chi connectivity index (χ4n) is 2.94. The number of rotatable bonds is 4. The Bertz CT molecular complexity index is 366. The van der Waals surface area contributed by atoms with E-state index in [2.05, 4.69) is 54.2 Å². The average Bonchev–Trinajstić information content (AvgIpc) is 2.59. The number of nitrogens with zero attached hydrogens (tertiary/aromatic N) is 2. The number of hydrogen-bond acceptors (Lipinski definition) is 3. The number of aryl methyl sites for hydroxylation is 1. The van der Waals surface area contributed by atoms with Gasteiger partial charge in [0.15, 0.2) is 0 Å². The van der Waals surface area contributed by atoms with Crippen LogP contribution in [0.3, 0.4) is 0 Å². The van der Waals surface area contributed by atoms with Crippen molar-refractivity contribution >= 4 is 0 Å². The smallest absolute Gasteiger partial charge is 0.0371 e. The Kier molecular flexibility index (Phi) is 5.37. The van der Waals surface area contributed by atoms with Gasteiger partial charge in [-0.2, -0.15) is 0 Å². The van der Waals surface area contributed by atoms with Gasteiger partial charge in [-0.15, -0.1) is 0 Å². The van der Waals surface area contributed by atoms with Crippen molar-refractivity contribution in [3.05, 3.63) is 35.9 Å². The minimum atomic E-state index is 0.255. The van der Waals surface area contributed by atoms with Gasteiger partial charge in [-0.1, -0.05) is 30.3 Å². The van der Waals surface area contributed by atoms with Gasteiger partial charge in [0.25, 0.3) is 0 Å². The van der Waals surface area contributed by atoms with Crippen molar-refractivity contribution in [2.75, 3.05) is 33.7 Å². The highest BCUT2D eigenvalue weighted by Crippen LogP contribution is 2.13. The summed E-state index contributed by atoms with van der Waals surface area (Å²) >= 11 is 0. The van der Waals surface area contributed by atoms with E-state index in [0.29, 0.717) is 6.04 Å². The van der Waals surface area contributed by atoms with Gasteiger partial charge in [0.2, 0.25) is 0 Å². The first-order valence-electron chi connectivity index (χ1n) is 7.35. The molecule has 1 saturated heterocycles. The lowest BCUT2D eigenvalue weighted by molar-refractivity contribution is 0.191. The highest BCUT2D eigenvalue weighted by atomic mass is 15.2. The fraction of sp³-hybridized carbons (Fsp3) is 0.625. The zero-order valence-electron chi connectivity index (χ0n) is 12.3. The summed E-state index contributed by atoms with van der Waals surface area (Å²) < 4.78 is 0. The lowest BCUT2D eigenvalue weighted by Crippen LogP contribution is -2.50. The molecule has 0 amide bonds. The van der Waals surface area contributed by atoms with E-state index >= 15 is 0 Å². The van der Waals surface area contributed by atoms with Gasteiger partial charge in [0.1, 0.15) is 0 Å². The number of hydrogen-bond donors (Lipinski definition) is 1. The highest BCUT2D eigenvalue weighted by molar-refractivity contribution is 5.14. The number of likely N-dealkylation sites (N-methyl/N-ethyl adjacent to an activating group) is 2. The van der Waals surface area contributed by atoms with E-state index in [9.17, 15) is 0 Å². The first-order valence-corrected chi connectivity index (χ1v) is 7.35. The topological polar surface area (TPSA) is 32.5 Å². The van der Waals surface area contributed by atoms with Crippen LogP contribution in [0.1, 0.15) is 18.4 Å². The van der Waals surface area contributed by atoms with Crippen LogP contribution >= 0.6 is 0 Å². The predicted octanol–water partition coefficient (Wildman–Crippen LogP) is 1.58. The van der Waals surface area contributed by atoms with E-state index in [1.807, 2.05) is 0 Å². The third-order valence-corrected chi connectivity index (χ3v) is 4.22. The number of nitrogens with two attached hydrogens (primary N) is 1. The van der Waals surface area contributed by atoms with E-state index in [0.717, 1.165) is 25.9 Å². The maximum Gasteiger partial charge on any atom is 0.0371 e. The van der Waals surface area contributed by atoms with E-state index in [4.69, 9.17) is 5.73 Å². The summed E-state index contributed by atoms with van der Waals surface area (Å²) in [6, 6.07) is 11.4. The van der Waals surface area contributed by atoms with Gasteiger partial charge >= 0.3 is 0 Å². The molecule has 19 heavy (non-hydrogen) atoms. The molecule has 1 fully saturated rings. The van der Waals surface area contributed by atoms with Crippen LogP contribution in [0.25, 0.3) is 0 Å². The fourth-order valence-corrected chi connectivity index (χ4v) is 2.94. The van der Waals surface area contributed by atoms with Crippen LogP contribution < -0.4 is 5.73 Å². The van der Waals surface area contributed by atoms with Crippen molar-refractivity contribution in [2.24, 2.45) is 5.73 Å². The summed E-state index contributed by atoms with van der Waals surface area (Å²) in [5.74, 6) is 0. The van der Waals surface area contributed by atoms with Crippen LogP contribution in [0.2, 0.25) is 0 Å².